The third-order valence-electron chi connectivity index (χ3n) is 3.19. The van der Waals surface area contributed by atoms with Gasteiger partial charge < -0.3 is 14.7 Å². The Morgan fingerprint density at radius 3 is 2.38 bits per heavy atom. The van der Waals surface area contributed by atoms with Crippen molar-refractivity contribution >= 4 is 21.0 Å². The van der Waals surface area contributed by atoms with E-state index >= 15 is 0 Å². The molecule has 7 heteroatoms. The van der Waals surface area contributed by atoms with E-state index in [-0.39, 0.29) is 10.7 Å². The van der Waals surface area contributed by atoms with Gasteiger partial charge in [-0.05, 0) is 25.1 Å². The van der Waals surface area contributed by atoms with Crippen molar-refractivity contribution in [2.24, 2.45) is 0 Å². The summed E-state index contributed by atoms with van der Waals surface area (Å²) in [4.78, 5) is -0.246. The molecule has 112 valence electrons. The summed E-state index contributed by atoms with van der Waals surface area (Å²) in [5.74, 6) is 0.825. The third-order valence-corrected chi connectivity index (χ3v) is 4.10. The molecule has 0 amide bonds. The molecule has 21 heavy (non-hydrogen) atoms. The monoisotopic (exact) mass is 309 g/mol. The summed E-state index contributed by atoms with van der Waals surface area (Å²) in [5, 5.41) is 13.1. The molecule has 1 aromatic carbocycles. The number of nitrogens with zero attached hydrogens (tertiary/aromatic N) is 1. The number of benzene rings is 1. The van der Waals surface area contributed by atoms with Gasteiger partial charge in [-0.15, -0.1) is 0 Å². The minimum atomic E-state index is -2.63. The molecular formula is C14H15NO5S. The van der Waals surface area contributed by atoms with Crippen LogP contribution in [0.3, 0.4) is 0 Å². The minimum Gasteiger partial charge on any atom is -0.616 e. The lowest BCUT2D eigenvalue weighted by atomic mass is 10.1. The third kappa shape index (κ3) is 2.58. The van der Waals surface area contributed by atoms with E-state index in [1.165, 1.54) is 38.6 Å². The van der Waals surface area contributed by atoms with Crippen LogP contribution in [0.4, 0.5) is 5.69 Å². The Morgan fingerprint density at radius 1 is 1.14 bits per heavy atom. The summed E-state index contributed by atoms with van der Waals surface area (Å²) in [6, 6.07) is 4.56. The maximum atomic E-state index is 13.1. The zero-order valence-electron chi connectivity index (χ0n) is 11.9. The van der Waals surface area contributed by atoms with Gasteiger partial charge in [0.2, 0.25) is 0 Å². The van der Waals surface area contributed by atoms with Crippen LogP contribution in [-0.4, -0.2) is 27.6 Å². The van der Waals surface area contributed by atoms with Crippen LogP contribution in [-0.2, 0) is 10.3 Å². The lowest BCUT2D eigenvalue weighted by Crippen LogP contribution is -2.46. The molecule has 0 N–H and O–H groups in total. The second-order valence-electron chi connectivity index (χ2n) is 4.43. The van der Waals surface area contributed by atoms with Crippen LogP contribution < -0.4 is 14.1 Å². The molecule has 0 aliphatic carbocycles. The standard InChI is InChI=1S/C14H15NO5S/c1-10-5-4-8-15(16,14(10)21(17)18)11-6-7-12(19-2)13(9-11)20-3/h4-9H,1-3H3. The molecule has 0 saturated heterocycles. The molecule has 1 atom stereocenters. The number of hydroxylamine groups is 2. The number of quaternary nitrogens is 1. The van der Waals surface area contributed by atoms with Gasteiger partial charge in [-0.25, -0.2) is 0 Å². The number of allylic oxidation sites excluding steroid dienone is 2. The Morgan fingerprint density at radius 2 is 1.81 bits per heavy atom. The average molecular weight is 309 g/mol. The molecule has 1 unspecified atom stereocenters. The van der Waals surface area contributed by atoms with E-state index in [4.69, 9.17) is 9.47 Å². The predicted molar refractivity (Wildman–Crippen MR) is 81.5 cm³/mol. The lowest BCUT2D eigenvalue weighted by Gasteiger charge is -2.38. The number of methoxy groups -OCH3 is 2. The SMILES string of the molecule is COc1ccc([N+]2([O-])C=CC=C(C)C2=S(=O)=O)cc1OC. The molecule has 1 heterocycles. The largest absolute Gasteiger partial charge is 0.616 e. The fourth-order valence-corrected chi connectivity index (χ4v) is 2.91. The van der Waals surface area contributed by atoms with E-state index < -0.39 is 14.9 Å². The van der Waals surface area contributed by atoms with Crippen LogP contribution in [0.5, 0.6) is 11.5 Å². The molecule has 0 aromatic heterocycles. The van der Waals surface area contributed by atoms with Crippen molar-refractivity contribution < 1.29 is 17.9 Å². The van der Waals surface area contributed by atoms with E-state index in [0.29, 0.717) is 17.1 Å². The van der Waals surface area contributed by atoms with Gasteiger partial charge in [0.15, 0.2) is 11.5 Å². The smallest absolute Gasteiger partial charge is 0.277 e. The molecule has 0 bridgehead atoms. The second kappa shape index (κ2) is 5.72. The molecule has 0 spiro atoms. The zero-order valence-corrected chi connectivity index (χ0v) is 12.7. The van der Waals surface area contributed by atoms with Gasteiger partial charge in [-0.2, -0.15) is 8.42 Å². The second-order valence-corrected chi connectivity index (χ2v) is 5.28. The maximum absolute atomic E-state index is 13.1. The number of ether oxygens (including phenoxy) is 2. The highest BCUT2D eigenvalue weighted by Crippen LogP contribution is 2.36. The Labute approximate surface area is 124 Å². The first-order valence-corrected chi connectivity index (χ1v) is 7.17. The molecule has 1 aliphatic heterocycles. The molecule has 0 fully saturated rings. The summed E-state index contributed by atoms with van der Waals surface area (Å²) >= 11 is 0. The average Bonchev–Trinajstić information content (AvgIpc) is 2.45. The molecule has 0 radical (unpaired) electrons. The first-order chi connectivity index (χ1) is 9.93. The lowest BCUT2D eigenvalue weighted by molar-refractivity contribution is 0.354. The van der Waals surface area contributed by atoms with Crippen LogP contribution in [0.15, 0.2) is 42.1 Å². The highest BCUT2D eigenvalue weighted by Gasteiger charge is 2.32. The van der Waals surface area contributed by atoms with E-state index in [2.05, 4.69) is 0 Å². The van der Waals surface area contributed by atoms with Crippen molar-refractivity contribution in [1.82, 2.24) is 4.65 Å². The molecule has 6 nitrogen and oxygen atoms in total. The molecule has 1 aliphatic rings. The molecular weight excluding hydrogens is 294 g/mol. The van der Waals surface area contributed by atoms with Crippen LogP contribution >= 0.6 is 0 Å². The normalized spacial score (nSPS) is 21.0. The first-order valence-electron chi connectivity index (χ1n) is 6.09. The minimum absolute atomic E-state index is 0.218. The van der Waals surface area contributed by atoms with Crippen molar-refractivity contribution in [2.75, 3.05) is 14.2 Å². The summed E-state index contributed by atoms with van der Waals surface area (Å²) in [7, 11) is 0.299. The summed E-state index contributed by atoms with van der Waals surface area (Å²) in [6.45, 7) is 1.58. The predicted octanol–water partition coefficient (Wildman–Crippen LogP) is 1.99. The Hall–Kier alpha value is -2.09. The summed E-state index contributed by atoms with van der Waals surface area (Å²) < 4.78 is 32.0. The van der Waals surface area contributed by atoms with Gasteiger partial charge in [0.05, 0.1) is 14.2 Å². The zero-order chi connectivity index (χ0) is 15.6. The van der Waals surface area contributed by atoms with Crippen LogP contribution in [0.1, 0.15) is 6.92 Å². The number of hydrogen-bond donors (Lipinski definition) is 0. The van der Waals surface area contributed by atoms with E-state index in [0.717, 1.165) is 0 Å². The molecule has 2 rings (SSSR count). The summed E-state index contributed by atoms with van der Waals surface area (Å²) in [5.41, 5.74) is 0.617. The Balaban J connectivity index is 2.67. The van der Waals surface area contributed by atoms with Gasteiger partial charge in [0.25, 0.3) is 15.3 Å². The fourth-order valence-electron chi connectivity index (χ4n) is 2.19. The molecule has 0 saturated carbocycles. The van der Waals surface area contributed by atoms with Crippen molar-refractivity contribution in [2.45, 2.75) is 6.92 Å². The van der Waals surface area contributed by atoms with Gasteiger partial charge in [-0.1, -0.05) is 0 Å². The maximum Gasteiger partial charge on any atom is 0.277 e. The number of rotatable bonds is 3. The topological polar surface area (TPSA) is 75.7 Å². The Bertz CT molecular complexity index is 756. The van der Waals surface area contributed by atoms with Crippen molar-refractivity contribution in [1.29, 1.82) is 0 Å². The van der Waals surface area contributed by atoms with Crippen molar-refractivity contribution in [3.8, 4) is 11.5 Å². The molecule has 1 aromatic rings. The number of hydrogen-bond acceptors (Lipinski definition) is 5. The van der Waals surface area contributed by atoms with Crippen LogP contribution in [0, 0.1) is 5.21 Å². The van der Waals surface area contributed by atoms with Crippen molar-refractivity contribution in [3.63, 3.8) is 0 Å². The summed E-state index contributed by atoms with van der Waals surface area (Å²) in [6.07, 6.45) is 4.38. The van der Waals surface area contributed by atoms with Crippen LogP contribution in [0.25, 0.3) is 0 Å². The van der Waals surface area contributed by atoms with Gasteiger partial charge in [0.1, 0.15) is 11.9 Å². The van der Waals surface area contributed by atoms with Gasteiger partial charge in [0, 0.05) is 17.7 Å². The van der Waals surface area contributed by atoms with Gasteiger partial charge in [-0.3, -0.25) is 4.65 Å². The highest BCUT2D eigenvalue weighted by atomic mass is 32.2. The first kappa shape index (κ1) is 15.3. The highest BCUT2D eigenvalue weighted by molar-refractivity contribution is 7.73. The van der Waals surface area contributed by atoms with E-state index in [1.54, 1.807) is 19.1 Å². The van der Waals surface area contributed by atoms with Crippen LogP contribution in [0.2, 0.25) is 0 Å². The van der Waals surface area contributed by atoms with E-state index in [1.807, 2.05) is 0 Å². The fraction of sp³-hybridized carbons (Fsp3) is 0.214. The van der Waals surface area contributed by atoms with Crippen molar-refractivity contribution in [3.05, 3.63) is 47.3 Å². The van der Waals surface area contributed by atoms with E-state index in [9.17, 15) is 13.6 Å². The quantitative estimate of drug-likeness (QED) is 0.485. The Kier molecular flexibility index (Phi) is 4.17. The van der Waals surface area contributed by atoms with Gasteiger partial charge >= 0.3 is 0 Å².